The molecule has 1 aliphatic heterocycles. The Balaban J connectivity index is 1.72. The third-order valence-corrected chi connectivity index (χ3v) is 4.35. The third-order valence-electron chi connectivity index (χ3n) is 3.26. The highest BCUT2D eigenvalue weighted by molar-refractivity contribution is 8.15. The Labute approximate surface area is 127 Å². The van der Waals surface area contributed by atoms with Crippen molar-refractivity contribution in [1.82, 2.24) is 5.43 Å². The van der Waals surface area contributed by atoms with Gasteiger partial charge in [-0.3, -0.25) is 5.43 Å². The van der Waals surface area contributed by atoms with E-state index in [9.17, 15) is 5.11 Å². The van der Waals surface area contributed by atoms with Gasteiger partial charge in [0.25, 0.3) is 0 Å². The molecule has 0 saturated heterocycles. The summed E-state index contributed by atoms with van der Waals surface area (Å²) in [4.78, 5) is 0. The molecule has 0 bridgehead atoms. The first-order chi connectivity index (χ1) is 10.3. The van der Waals surface area contributed by atoms with E-state index in [1.165, 1.54) is 5.56 Å². The zero-order valence-electron chi connectivity index (χ0n) is 11.6. The van der Waals surface area contributed by atoms with Crippen LogP contribution in [0.15, 0.2) is 53.6 Å². The minimum Gasteiger partial charge on any atom is -0.507 e. The quantitative estimate of drug-likeness (QED) is 0.911. The zero-order chi connectivity index (χ0) is 14.7. The van der Waals surface area contributed by atoms with E-state index in [-0.39, 0.29) is 11.1 Å². The second kappa shape index (κ2) is 6.10. The van der Waals surface area contributed by atoms with E-state index in [4.69, 9.17) is 4.74 Å². The van der Waals surface area contributed by atoms with E-state index in [0.29, 0.717) is 11.3 Å². The van der Waals surface area contributed by atoms with Gasteiger partial charge in [0.1, 0.15) is 16.5 Å². The molecule has 2 N–H and O–H groups in total. The predicted octanol–water partition coefficient (Wildman–Crippen LogP) is 2.97. The molecule has 0 fully saturated rings. The molecule has 1 heterocycles. The van der Waals surface area contributed by atoms with Gasteiger partial charge < -0.3 is 9.84 Å². The minimum absolute atomic E-state index is 0.174. The second-order valence-electron chi connectivity index (χ2n) is 4.73. The summed E-state index contributed by atoms with van der Waals surface area (Å²) in [5, 5.41) is 15.3. The van der Waals surface area contributed by atoms with Crippen molar-refractivity contribution in [2.24, 2.45) is 5.10 Å². The van der Waals surface area contributed by atoms with Gasteiger partial charge in [-0.05, 0) is 23.8 Å². The number of phenols is 1. The lowest BCUT2D eigenvalue weighted by Gasteiger charge is -2.09. The second-order valence-corrected chi connectivity index (χ2v) is 5.92. The van der Waals surface area contributed by atoms with Crippen molar-refractivity contribution in [2.75, 3.05) is 7.11 Å². The van der Waals surface area contributed by atoms with Crippen LogP contribution in [0.1, 0.15) is 11.1 Å². The lowest BCUT2D eigenvalue weighted by Crippen LogP contribution is -2.18. The van der Waals surface area contributed by atoms with Crippen LogP contribution in [0.2, 0.25) is 0 Å². The van der Waals surface area contributed by atoms with Crippen molar-refractivity contribution >= 4 is 16.8 Å². The molecule has 1 aliphatic rings. The Kier molecular flexibility index (Phi) is 4.01. The van der Waals surface area contributed by atoms with E-state index in [1.54, 1.807) is 37.1 Å². The van der Waals surface area contributed by atoms with E-state index in [1.807, 2.05) is 18.2 Å². The highest BCUT2D eigenvalue weighted by Crippen LogP contribution is 2.31. The van der Waals surface area contributed by atoms with E-state index in [2.05, 4.69) is 22.7 Å². The van der Waals surface area contributed by atoms with Gasteiger partial charge in [-0.15, -0.1) is 0 Å². The van der Waals surface area contributed by atoms with Crippen molar-refractivity contribution in [2.45, 2.75) is 11.8 Å². The molecule has 4 nitrogen and oxygen atoms in total. The number of methoxy groups -OCH3 is 1. The Morgan fingerprint density at radius 3 is 2.81 bits per heavy atom. The fourth-order valence-corrected chi connectivity index (χ4v) is 3.22. The molecule has 1 atom stereocenters. The van der Waals surface area contributed by atoms with Crippen LogP contribution in [-0.2, 0) is 6.42 Å². The number of benzene rings is 2. The number of aromatic hydroxyl groups is 1. The number of hydrogen-bond donors (Lipinski definition) is 2. The van der Waals surface area contributed by atoms with Crippen LogP contribution in [0.3, 0.4) is 0 Å². The SMILES string of the molecule is COc1ccc(O)c(C2=NNC(Cc3ccccc3)S2)c1. The summed E-state index contributed by atoms with van der Waals surface area (Å²) in [6.07, 6.45) is 0.878. The molecule has 0 saturated carbocycles. The van der Waals surface area contributed by atoms with Gasteiger partial charge in [0, 0.05) is 6.42 Å². The first kappa shape index (κ1) is 13.8. The van der Waals surface area contributed by atoms with Gasteiger partial charge >= 0.3 is 0 Å². The molecule has 3 rings (SSSR count). The number of phenolic OH excluding ortho intramolecular Hbond substituents is 1. The molecule has 21 heavy (non-hydrogen) atoms. The molecule has 108 valence electrons. The summed E-state index contributed by atoms with van der Waals surface area (Å²) in [7, 11) is 1.61. The molecule has 0 aromatic heterocycles. The smallest absolute Gasteiger partial charge is 0.129 e. The molecule has 0 amide bonds. The van der Waals surface area contributed by atoms with Crippen LogP contribution < -0.4 is 10.2 Å². The zero-order valence-corrected chi connectivity index (χ0v) is 12.4. The molecule has 1 unspecified atom stereocenters. The van der Waals surface area contributed by atoms with E-state index >= 15 is 0 Å². The van der Waals surface area contributed by atoms with Gasteiger partial charge in [0.2, 0.25) is 0 Å². The fraction of sp³-hybridized carbons (Fsp3) is 0.188. The first-order valence-electron chi connectivity index (χ1n) is 6.67. The average molecular weight is 300 g/mol. The molecule has 0 radical (unpaired) electrons. The van der Waals surface area contributed by atoms with Gasteiger partial charge in [0.15, 0.2) is 0 Å². The first-order valence-corrected chi connectivity index (χ1v) is 7.55. The monoisotopic (exact) mass is 300 g/mol. The van der Waals surface area contributed by atoms with Crippen LogP contribution in [-0.4, -0.2) is 22.6 Å². The Morgan fingerprint density at radius 2 is 2.05 bits per heavy atom. The number of hydrazone groups is 1. The molecular weight excluding hydrogens is 284 g/mol. The van der Waals surface area contributed by atoms with Crippen LogP contribution in [0.25, 0.3) is 0 Å². The summed E-state index contributed by atoms with van der Waals surface area (Å²) in [5.74, 6) is 0.918. The van der Waals surface area contributed by atoms with Crippen molar-refractivity contribution in [1.29, 1.82) is 0 Å². The topological polar surface area (TPSA) is 53.9 Å². The minimum atomic E-state index is 0.174. The van der Waals surface area contributed by atoms with Crippen LogP contribution in [0.5, 0.6) is 11.5 Å². The summed E-state index contributed by atoms with van der Waals surface area (Å²) < 4.78 is 5.20. The average Bonchev–Trinajstić information content (AvgIpc) is 2.97. The van der Waals surface area contributed by atoms with Crippen LogP contribution >= 0.6 is 11.8 Å². The Bertz CT molecular complexity index is 659. The fourth-order valence-electron chi connectivity index (χ4n) is 2.17. The highest BCUT2D eigenvalue weighted by Gasteiger charge is 2.23. The molecule has 0 aliphatic carbocycles. The van der Waals surface area contributed by atoms with Gasteiger partial charge in [0.05, 0.1) is 18.0 Å². The van der Waals surface area contributed by atoms with Crippen molar-refractivity contribution in [3.63, 3.8) is 0 Å². The van der Waals surface area contributed by atoms with Crippen molar-refractivity contribution in [3.05, 3.63) is 59.7 Å². The maximum absolute atomic E-state index is 9.99. The molecule has 0 spiro atoms. The summed E-state index contributed by atoms with van der Waals surface area (Å²) in [6, 6.07) is 15.4. The normalized spacial score (nSPS) is 17.2. The Hall–Kier alpha value is -2.14. The van der Waals surface area contributed by atoms with E-state index in [0.717, 1.165) is 11.5 Å². The number of nitrogens with zero attached hydrogens (tertiary/aromatic N) is 1. The van der Waals surface area contributed by atoms with Crippen LogP contribution in [0.4, 0.5) is 0 Å². The maximum Gasteiger partial charge on any atom is 0.129 e. The van der Waals surface area contributed by atoms with E-state index < -0.39 is 0 Å². The van der Waals surface area contributed by atoms with Gasteiger partial charge in [-0.2, -0.15) is 5.10 Å². The molecule has 2 aromatic rings. The van der Waals surface area contributed by atoms with Gasteiger partial charge in [-0.25, -0.2) is 0 Å². The number of thioether (sulfide) groups is 1. The lowest BCUT2D eigenvalue weighted by molar-refractivity contribution is 0.412. The Morgan fingerprint density at radius 1 is 1.24 bits per heavy atom. The number of nitrogens with one attached hydrogen (secondary N) is 1. The van der Waals surface area contributed by atoms with Crippen molar-refractivity contribution in [3.8, 4) is 11.5 Å². The lowest BCUT2D eigenvalue weighted by atomic mass is 10.1. The number of rotatable bonds is 4. The third kappa shape index (κ3) is 3.13. The maximum atomic E-state index is 9.99. The highest BCUT2D eigenvalue weighted by atomic mass is 32.2. The van der Waals surface area contributed by atoms with Crippen LogP contribution in [0, 0.1) is 0 Å². The summed E-state index contributed by atoms with van der Waals surface area (Å²) in [5.41, 5.74) is 5.07. The number of hydrogen-bond acceptors (Lipinski definition) is 5. The van der Waals surface area contributed by atoms with Gasteiger partial charge in [-0.1, -0.05) is 42.1 Å². The standard InChI is InChI=1S/C16H16N2O2S/c1-20-12-7-8-14(19)13(10-12)16-18-17-15(21-16)9-11-5-3-2-4-6-11/h2-8,10,15,17,19H,9H2,1H3. The predicted molar refractivity (Wildman–Crippen MR) is 85.9 cm³/mol. The summed E-state index contributed by atoms with van der Waals surface area (Å²) >= 11 is 1.62. The number of ether oxygens (including phenoxy) is 1. The largest absolute Gasteiger partial charge is 0.507 e. The molecular formula is C16H16N2O2S. The summed E-state index contributed by atoms with van der Waals surface area (Å²) in [6.45, 7) is 0. The molecule has 5 heteroatoms. The molecule has 2 aromatic carbocycles. The van der Waals surface area contributed by atoms with Crippen molar-refractivity contribution < 1.29 is 9.84 Å².